The summed E-state index contributed by atoms with van der Waals surface area (Å²) in [5, 5.41) is 18.7. The van der Waals surface area contributed by atoms with Gasteiger partial charge < -0.3 is 16.2 Å². The normalized spacial score (nSPS) is 10.2. The van der Waals surface area contributed by atoms with E-state index in [0.717, 1.165) is 10.5 Å². The molecule has 2 aromatic rings. The Morgan fingerprint density at radius 2 is 1.72 bits per heavy atom. The number of amides is 1. The lowest BCUT2D eigenvalue weighted by molar-refractivity contribution is -0.136. The molecule has 0 aromatic heterocycles. The number of anilines is 1. The highest BCUT2D eigenvalue weighted by molar-refractivity contribution is 8.00. The number of aliphatic carboxylic acids is 1. The van der Waals surface area contributed by atoms with E-state index in [1.807, 2.05) is 12.1 Å². The number of benzene rings is 2. The van der Waals surface area contributed by atoms with Gasteiger partial charge in [0.1, 0.15) is 5.84 Å². The van der Waals surface area contributed by atoms with Gasteiger partial charge in [-0.2, -0.15) is 0 Å². The quantitative estimate of drug-likeness (QED) is 0.329. The molecule has 0 aliphatic rings. The topological polar surface area (TPSA) is 116 Å². The maximum absolute atomic E-state index is 12.2. The third kappa shape index (κ3) is 6.31. The first-order valence-electron chi connectivity index (χ1n) is 7.62. The number of nitrogens with one attached hydrogen (secondary N) is 2. The van der Waals surface area contributed by atoms with E-state index in [-0.39, 0.29) is 18.2 Å². The molecule has 0 fully saturated rings. The van der Waals surface area contributed by atoms with Crippen molar-refractivity contribution in [2.45, 2.75) is 17.7 Å². The van der Waals surface area contributed by atoms with Gasteiger partial charge in [-0.05, 0) is 48.4 Å². The van der Waals surface area contributed by atoms with Crippen LogP contribution in [0.2, 0.25) is 0 Å². The van der Waals surface area contributed by atoms with Crippen LogP contribution in [0.1, 0.15) is 22.3 Å². The van der Waals surface area contributed by atoms with Crippen LogP contribution in [0.25, 0.3) is 0 Å². The number of carboxylic acid groups (broad SMARTS) is 1. The largest absolute Gasteiger partial charge is 0.481 e. The molecule has 2 rings (SSSR count). The lowest BCUT2D eigenvalue weighted by Gasteiger charge is -2.07. The Kier molecular flexibility index (Phi) is 6.59. The monoisotopic (exact) mass is 357 g/mol. The molecular formula is C18H19N3O3S. The number of nitrogens with two attached hydrogens (primary N) is 1. The molecule has 0 spiro atoms. The van der Waals surface area contributed by atoms with Crippen LogP contribution >= 0.6 is 11.8 Å². The SMILES string of the molecule is N=C(N)CSc1ccc(C(=O)Nc2ccc(CCC(=O)O)cc2)cc1. The lowest BCUT2D eigenvalue weighted by Crippen LogP contribution is -2.12. The molecule has 5 N–H and O–H groups in total. The summed E-state index contributed by atoms with van der Waals surface area (Å²) in [7, 11) is 0. The number of rotatable bonds is 8. The van der Waals surface area contributed by atoms with Crippen molar-refractivity contribution in [1.82, 2.24) is 0 Å². The van der Waals surface area contributed by atoms with Crippen molar-refractivity contribution in [2.75, 3.05) is 11.1 Å². The lowest BCUT2D eigenvalue weighted by atomic mass is 10.1. The van der Waals surface area contributed by atoms with Crippen LogP contribution in [0.3, 0.4) is 0 Å². The van der Waals surface area contributed by atoms with Crippen molar-refractivity contribution in [2.24, 2.45) is 5.73 Å². The molecule has 0 heterocycles. The fourth-order valence-electron chi connectivity index (χ4n) is 2.07. The molecule has 25 heavy (non-hydrogen) atoms. The molecule has 0 saturated carbocycles. The molecule has 2 aromatic carbocycles. The zero-order valence-corrected chi connectivity index (χ0v) is 14.3. The highest BCUT2D eigenvalue weighted by atomic mass is 32.2. The van der Waals surface area contributed by atoms with Gasteiger partial charge in [0.15, 0.2) is 0 Å². The van der Waals surface area contributed by atoms with Gasteiger partial charge in [-0.1, -0.05) is 12.1 Å². The molecule has 6 nitrogen and oxygen atoms in total. The second-order valence-corrected chi connectivity index (χ2v) is 6.43. The molecule has 0 unspecified atom stereocenters. The van der Waals surface area contributed by atoms with Crippen LogP contribution in [-0.2, 0) is 11.2 Å². The van der Waals surface area contributed by atoms with E-state index in [2.05, 4.69) is 5.32 Å². The Hall–Kier alpha value is -2.80. The standard InChI is InChI=1S/C18H19N3O3S/c19-16(20)11-25-15-8-4-13(5-9-15)18(24)21-14-6-1-12(2-7-14)3-10-17(22)23/h1-2,4-9H,3,10-11H2,(H3,19,20)(H,21,24)(H,22,23). The Morgan fingerprint density at radius 3 is 2.28 bits per heavy atom. The van der Waals surface area contributed by atoms with Gasteiger partial charge in [0.25, 0.3) is 5.91 Å². The first-order chi connectivity index (χ1) is 11.9. The van der Waals surface area contributed by atoms with E-state index in [9.17, 15) is 9.59 Å². The Bertz CT molecular complexity index is 758. The molecule has 0 atom stereocenters. The fourth-order valence-corrected chi connectivity index (χ4v) is 2.72. The molecular weight excluding hydrogens is 338 g/mol. The smallest absolute Gasteiger partial charge is 0.303 e. The van der Waals surface area contributed by atoms with Crippen molar-refractivity contribution in [3.63, 3.8) is 0 Å². The van der Waals surface area contributed by atoms with Crippen LogP contribution in [-0.4, -0.2) is 28.6 Å². The summed E-state index contributed by atoms with van der Waals surface area (Å²) < 4.78 is 0. The highest BCUT2D eigenvalue weighted by Gasteiger charge is 2.07. The predicted octanol–water partition coefficient (Wildman–Crippen LogP) is 2.98. The van der Waals surface area contributed by atoms with Gasteiger partial charge in [0, 0.05) is 22.6 Å². The summed E-state index contributed by atoms with van der Waals surface area (Å²) in [5.41, 5.74) is 7.41. The summed E-state index contributed by atoms with van der Waals surface area (Å²) in [5.74, 6) is -0.526. The van der Waals surface area contributed by atoms with Crippen LogP contribution in [0.5, 0.6) is 0 Å². The first-order valence-corrected chi connectivity index (χ1v) is 8.60. The zero-order valence-electron chi connectivity index (χ0n) is 13.5. The Balaban J connectivity index is 1.92. The summed E-state index contributed by atoms with van der Waals surface area (Å²) in [6.07, 6.45) is 0.544. The number of amidine groups is 1. The predicted molar refractivity (Wildman–Crippen MR) is 99.4 cm³/mol. The van der Waals surface area contributed by atoms with Gasteiger partial charge in [0.05, 0.1) is 5.75 Å². The average molecular weight is 357 g/mol. The molecule has 130 valence electrons. The van der Waals surface area contributed by atoms with Crippen LogP contribution in [0, 0.1) is 5.41 Å². The number of thioether (sulfide) groups is 1. The third-order valence-corrected chi connectivity index (χ3v) is 4.41. The van der Waals surface area contributed by atoms with Crippen molar-refractivity contribution in [3.8, 4) is 0 Å². The summed E-state index contributed by atoms with van der Waals surface area (Å²) in [6.45, 7) is 0. The van der Waals surface area contributed by atoms with Gasteiger partial charge in [-0.3, -0.25) is 15.0 Å². The van der Waals surface area contributed by atoms with E-state index in [1.165, 1.54) is 11.8 Å². The third-order valence-electron chi connectivity index (χ3n) is 3.35. The second kappa shape index (κ2) is 8.89. The molecule has 0 aliphatic heterocycles. The van der Waals surface area contributed by atoms with Crippen molar-refractivity contribution < 1.29 is 14.7 Å². The average Bonchev–Trinajstić information content (AvgIpc) is 2.59. The van der Waals surface area contributed by atoms with Gasteiger partial charge in [-0.15, -0.1) is 11.8 Å². The molecule has 0 saturated heterocycles. The van der Waals surface area contributed by atoms with E-state index in [4.69, 9.17) is 16.2 Å². The van der Waals surface area contributed by atoms with Crippen molar-refractivity contribution in [1.29, 1.82) is 5.41 Å². The first kappa shape index (κ1) is 18.5. The minimum atomic E-state index is -0.831. The maximum Gasteiger partial charge on any atom is 0.303 e. The van der Waals surface area contributed by atoms with Gasteiger partial charge in [-0.25, -0.2) is 0 Å². The number of aryl methyl sites for hydroxylation is 1. The maximum atomic E-state index is 12.2. The molecule has 7 heteroatoms. The summed E-state index contributed by atoms with van der Waals surface area (Å²) in [4.78, 5) is 23.7. The van der Waals surface area contributed by atoms with E-state index in [0.29, 0.717) is 23.4 Å². The van der Waals surface area contributed by atoms with Crippen LogP contribution < -0.4 is 11.1 Å². The number of hydrogen-bond donors (Lipinski definition) is 4. The van der Waals surface area contributed by atoms with E-state index in [1.54, 1.807) is 36.4 Å². The molecule has 1 amide bonds. The summed E-state index contributed by atoms with van der Waals surface area (Å²) in [6, 6.07) is 14.2. The van der Waals surface area contributed by atoms with Crippen molar-refractivity contribution >= 4 is 35.2 Å². The Morgan fingerprint density at radius 1 is 1.08 bits per heavy atom. The highest BCUT2D eigenvalue weighted by Crippen LogP contribution is 2.19. The van der Waals surface area contributed by atoms with E-state index < -0.39 is 5.97 Å². The van der Waals surface area contributed by atoms with Crippen LogP contribution in [0.4, 0.5) is 5.69 Å². The summed E-state index contributed by atoms with van der Waals surface area (Å²) >= 11 is 1.44. The number of carbonyl (C=O) groups excluding carboxylic acids is 1. The zero-order chi connectivity index (χ0) is 18.2. The molecule has 0 aliphatic carbocycles. The van der Waals surface area contributed by atoms with Crippen molar-refractivity contribution in [3.05, 3.63) is 59.7 Å². The molecule has 0 bridgehead atoms. The van der Waals surface area contributed by atoms with Crippen LogP contribution in [0.15, 0.2) is 53.4 Å². The minimum Gasteiger partial charge on any atom is -0.481 e. The minimum absolute atomic E-state index is 0.0830. The second-order valence-electron chi connectivity index (χ2n) is 5.38. The number of carboxylic acids is 1. The van der Waals surface area contributed by atoms with Gasteiger partial charge in [0.2, 0.25) is 0 Å². The number of hydrogen-bond acceptors (Lipinski definition) is 4. The number of carbonyl (C=O) groups is 2. The Labute approximate surface area is 149 Å². The van der Waals surface area contributed by atoms with E-state index >= 15 is 0 Å². The fraction of sp³-hybridized carbons (Fsp3) is 0.167. The van der Waals surface area contributed by atoms with Gasteiger partial charge >= 0.3 is 5.97 Å². The molecule has 0 radical (unpaired) electrons.